The van der Waals surface area contributed by atoms with E-state index in [0.717, 1.165) is 11.3 Å². The summed E-state index contributed by atoms with van der Waals surface area (Å²) in [6.45, 7) is 4.70. The van der Waals surface area contributed by atoms with E-state index in [1.807, 2.05) is 12.1 Å². The van der Waals surface area contributed by atoms with E-state index in [1.165, 1.54) is 23.3 Å². The summed E-state index contributed by atoms with van der Waals surface area (Å²) in [5.41, 5.74) is 4.33. The quantitative estimate of drug-likeness (QED) is 0.559. The van der Waals surface area contributed by atoms with Gasteiger partial charge < -0.3 is 10.6 Å². The second kappa shape index (κ2) is 8.32. The number of primary sulfonamides is 1. The molecule has 0 radical (unpaired) electrons. The van der Waals surface area contributed by atoms with Crippen LogP contribution in [0.15, 0.2) is 53.6 Å². The average Bonchev–Trinajstić information content (AvgIpc) is 2.65. The number of benzene rings is 2. The Kier molecular flexibility index (Phi) is 5.86. The number of sulfonamides is 1. The van der Waals surface area contributed by atoms with E-state index in [0.29, 0.717) is 24.7 Å². The summed E-state index contributed by atoms with van der Waals surface area (Å²) in [6, 6.07) is 12.6. The van der Waals surface area contributed by atoms with E-state index >= 15 is 0 Å². The van der Waals surface area contributed by atoms with Crippen LogP contribution in [0, 0.1) is 13.8 Å². The van der Waals surface area contributed by atoms with Crippen molar-refractivity contribution in [3.05, 3.63) is 65.4 Å². The number of aromatic nitrogens is 3. The molecule has 2 aromatic carbocycles. The van der Waals surface area contributed by atoms with Gasteiger partial charge in [0.2, 0.25) is 16.0 Å². The number of rotatable bonds is 7. The van der Waals surface area contributed by atoms with Gasteiger partial charge in [-0.3, -0.25) is 0 Å². The molecule has 0 fully saturated rings. The summed E-state index contributed by atoms with van der Waals surface area (Å²) in [5, 5.41) is 19.4. The van der Waals surface area contributed by atoms with Crippen LogP contribution >= 0.6 is 0 Å². The molecule has 3 aromatic rings. The van der Waals surface area contributed by atoms with E-state index in [4.69, 9.17) is 5.14 Å². The second-order valence-corrected chi connectivity index (χ2v) is 8.02. The lowest BCUT2D eigenvalue weighted by Crippen LogP contribution is -2.12. The van der Waals surface area contributed by atoms with Crippen molar-refractivity contribution in [2.45, 2.75) is 25.2 Å². The Balaban J connectivity index is 1.58. The maximum Gasteiger partial charge on any atom is 0.244 e. The van der Waals surface area contributed by atoms with Crippen LogP contribution in [-0.4, -0.2) is 30.1 Å². The highest BCUT2D eigenvalue weighted by atomic mass is 32.2. The number of nitrogens with two attached hydrogens (primary N) is 1. The average molecular weight is 398 g/mol. The van der Waals surface area contributed by atoms with Crippen molar-refractivity contribution < 1.29 is 8.42 Å². The molecule has 3 rings (SSSR count). The molecule has 9 heteroatoms. The number of aryl methyl sites for hydroxylation is 2. The first-order valence-corrected chi connectivity index (χ1v) is 10.3. The molecule has 0 aliphatic heterocycles. The van der Waals surface area contributed by atoms with Crippen molar-refractivity contribution in [2.75, 3.05) is 17.2 Å². The molecule has 0 saturated carbocycles. The summed E-state index contributed by atoms with van der Waals surface area (Å²) >= 11 is 0. The predicted octanol–water partition coefficient (Wildman–Crippen LogP) is 2.53. The largest absolute Gasteiger partial charge is 0.353 e. The minimum absolute atomic E-state index is 0.0989. The Bertz CT molecular complexity index is 1070. The first kappa shape index (κ1) is 19.7. The molecule has 28 heavy (non-hydrogen) atoms. The topological polar surface area (TPSA) is 123 Å². The molecule has 0 amide bonds. The monoisotopic (exact) mass is 398 g/mol. The van der Waals surface area contributed by atoms with Crippen LogP contribution in [0.3, 0.4) is 0 Å². The fraction of sp³-hybridized carbons (Fsp3) is 0.211. The SMILES string of the molecule is Cc1ccc(Nc2cnnc(NCCc3ccc(S(N)(=O)=O)cc3)n2)cc1C. The molecule has 0 bridgehead atoms. The molecule has 0 saturated heterocycles. The predicted molar refractivity (Wildman–Crippen MR) is 109 cm³/mol. The summed E-state index contributed by atoms with van der Waals surface area (Å²) in [7, 11) is -3.67. The van der Waals surface area contributed by atoms with Gasteiger partial charge in [-0.1, -0.05) is 18.2 Å². The third-order valence-electron chi connectivity index (χ3n) is 4.29. The number of nitrogens with one attached hydrogen (secondary N) is 2. The number of anilines is 3. The third kappa shape index (κ3) is 5.24. The van der Waals surface area contributed by atoms with Crippen LogP contribution in [0.4, 0.5) is 17.5 Å². The molecule has 0 aliphatic carbocycles. The van der Waals surface area contributed by atoms with Gasteiger partial charge in [-0.25, -0.2) is 13.6 Å². The Morgan fingerprint density at radius 3 is 2.46 bits per heavy atom. The Labute approximate surface area is 164 Å². The lowest BCUT2D eigenvalue weighted by atomic mass is 10.1. The normalized spacial score (nSPS) is 11.2. The van der Waals surface area contributed by atoms with E-state index in [-0.39, 0.29) is 4.90 Å². The molecule has 1 heterocycles. The Hall–Kier alpha value is -3.04. The van der Waals surface area contributed by atoms with E-state index in [1.54, 1.807) is 18.3 Å². The first-order valence-electron chi connectivity index (χ1n) is 8.71. The Morgan fingerprint density at radius 1 is 1.04 bits per heavy atom. The van der Waals surface area contributed by atoms with Crippen LogP contribution in [0.25, 0.3) is 0 Å². The fourth-order valence-corrected chi connectivity index (χ4v) is 3.09. The zero-order chi connectivity index (χ0) is 20.1. The third-order valence-corrected chi connectivity index (χ3v) is 5.22. The lowest BCUT2D eigenvalue weighted by molar-refractivity contribution is 0.598. The molecule has 8 nitrogen and oxygen atoms in total. The van der Waals surface area contributed by atoms with Gasteiger partial charge in [0.15, 0.2) is 5.82 Å². The van der Waals surface area contributed by atoms with Crippen molar-refractivity contribution in [1.82, 2.24) is 15.2 Å². The molecule has 0 aliphatic rings. The van der Waals surface area contributed by atoms with Crippen molar-refractivity contribution in [3.63, 3.8) is 0 Å². The van der Waals surface area contributed by atoms with Crippen molar-refractivity contribution >= 4 is 27.5 Å². The number of hydrogen-bond donors (Lipinski definition) is 3. The molecule has 4 N–H and O–H groups in total. The lowest BCUT2D eigenvalue weighted by Gasteiger charge is -2.09. The van der Waals surface area contributed by atoms with Gasteiger partial charge in [0.1, 0.15) is 0 Å². The summed E-state index contributed by atoms with van der Waals surface area (Å²) < 4.78 is 22.6. The molecular weight excluding hydrogens is 376 g/mol. The van der Waals surface area contributed by atoms with Crippen LogP contribution in [0.1, 0.15) is 16.7 Å². The first-order chi connectivity index (χ1) is 13.3. The molecule has 1 aromatic heterocycles. The van der Waals surface area contributed by atoms with Gasteiger partial charge in [-0.15, -0.1) is 5.10 Å². The van der Waals surface area contributed by atoms with E-state index < -0.39 is 10.0 Å². The molecule has 146 valence electrons. The molecular formula is C19H22N6O2S. The van der Waals surface area contributed by atoms with Gasteiger partial charge in [0.05, 0.1) is 11.1 Å². The van der Waals surface area contributed by atoms with Crippen molar-refractivity contribution in [3.8, 4) is 0 Å². The fourth-order valence-electron chi connectivity index (χ4n) is 2.57. The zero-order valence-electron chi connectivity index (χ0n) is 15.7. The maximum absolute atomic E-state index is 11.3. The van der Waals surface area contributed by atoms with E-state index in [2.05, 4.69) is 45.7 Å². The smallest absolute Gasteiger partial charge is 0.244 e. The van der Waals surface area contributed by atoms with Crippen LogP contribution in [-0.2, 0) is 16.4 Å². The maximum atomic E-state index is 11.3. The minimum atomic E-state index is -3.67. The highest BCUT2D eigenvalue weighted by molar-refractivity contribution is 7.89. The highest BCUT2D eigenvalue weighted by Crippen LogP contribution is 2.18. The van der Waals surface area contributed by atoms with Gasteiger partial charge >= 0.3 is 0 Å². The summed E-state index contributed by atoms with van der Waals surface area (Å²) in [4.78, 5) is 4.50. The Morgan fingerprint density at radius 2 is 1.79 bits per heavy atom. The number of hydrogen-bond acceptors (Lipinski definition) is 7. The summed E-state index contributed by atoms with van der Waals surface area (Å²) in [5.74, 6) is 1.01. The van der Waals surface area contributed by atoms with Crippen LogP contribution < -0.4 is 15.8 Å². The van der Waals surface area contributed by atoms with Crippen molar-refractivity contribution in [2.24, 2.45) is 5.14 Å². The number of nitrogens with zero attached hydrogens (tertiary/aromatic N) is 3. The zero-order valence-corrected chi connectivity index (χ0v) is 16.5. The molecule has 0 atom stereocenters. The minimum Gasteiger partial charge on any atom is -0.353 e. The van der Waals surface area contributed by atoms with Gasteiger partial charge in [-0.2, -0.15) is 10.1 Å². The van der Waals surface area contributed by atoms with Gasteiger partial charge in [0, 0.05) is 12.2 Å². The molecule has 0 spiro atoms. The standard InChI is InChI=1S/C19H22N6O2S/c1-13-3-6-16(11-14(13)2)23-18-12-22-25-19(24-18)21-10-9-15-4-7-17(8-5-15)28(20,26)27/h3-8,11-12H,9-10H2,1-2H3,(H2,20,26,27)(H2,21,23,24,25). The van der Waals surface area contributed by atoms with Gasteiger partial charge in [0.25, 0.3) is 0 Å². The van der Waals surface area contributed by atoms with Crippen molar-refractivity contribution in [1.29, 1.82) is 0 Å². The molecule has 0 unspecified atom stereocenters. The summed E-state index contributed by atoms with van der Waals surface area (Å²) in [6.07, 6.45) is 2.23. The van der Waals surface area contributed by atoms with Gasteiger partial charge in [-0.05, 0) is 61.2 Å². The van der Waals surface area contributed by atoms with Crippen LogP contribution in [0.2, 0.25) is 0 Å². The van der Waals surface area contributed by atoms with E-state index in [9.17, 15) is 8.42 Å². The van der Waals surface area contributed by atoms with Crippen LogP contribution in [0.5, 0.6) is 0 Å². The second-order valence-electron chi connectivity index (χ2n) is 6.45. The highest BCUT2D eigenvalue weighted by Gasteiger charge is 2.07.